The van der Waals surface area contributed by atoms with Gasteiger partial charge in [0.25, 0.3) is 0 Å². The third kappa shape index (κ3) is 1.04. The summed E-state index contributed by atoms with van der Waals surface area (Å²) in [6.07, 6.45) is 1.64. The van der Waals surface area contributed by atoms with Crippen molar-refractivity contribution in [2.75, 3.05) is 0 Å². The zero-order valence-electron chi connectivity index (χ0n) is 7.55. The number of hydrogen-bond donors (Lipinski definition) is 0. The van der Waals surface area contributed by atoms with Crippen molar-refractivity contribution in [3.63, 3.8) is 0 Å². The maximum absolute atomic E-state index is 5.58. The molecule has 2 heterocycles. The van der Waals surface area contributed by atoms with Crippen LogP contribution in [0.5, 0.6) is 0 Å². The first-order valence-corrected chi connectivity index (χ1v) is 4.05. The van der Waals surface area contributed by atoms with Crippen LogP contribution in [0.2, 0.25) is 0 Å². The van der Waals surface area contributed by atoms with E-state index in [4.69, 9.17) is 8.83 Å². The van der Waals surface area contributed by atoms with Crippen molar-refractivity contribution in [2.24, 2.45) is 0 Å². The standard InChI is InChI=1S/C10H12O2/c1-10(2,3)9-6-8-7(12-9)4-5-11-8/h4-6H,1-3H3. The van der Waals surface area contributed by atoms with E-state index < -0.39 is 0 Å². The zero-order valence-corrected chi connectivity index (χ0v) is 7.55. The predicted molar refractivity (Wildman–Crippen MR) is 47.2 cm³/mol. The average molecular weight is 164 g/mol. The van der Waals surface area contributed by atoms with Gasteiger partial charge in [-0.1, -0.05) is 20.8 Å². The maximum Gasteiger partial charge on any atom is 0.172 e. The van der Waals surface area contributed by atoms with Gasteiger partial charge in [0, 0.05) is 17.5 Å². The highest BCUT2D eigenvalue weighted by Crippen LogP contribution is 2.29. The average Bonchev–Trinajstić information content (AvgIpc) is 2.37. The number of furan rings is 2. The van der Waals surface area contributed by atoms with Gasteiger partial charge in [-0.15, -0.1) is 0 Å². The van der Waals surface area contributed by atoms with E-state index in [9.17, 15) is 0 Å². The molecule has 0 amide bonds. The highest BCUT2D eigenvalue weighted by Gasteiger charge is 2.19. The third-order valence-corrected chi connectivity index (χ3v) is 1.88. The van der Waals surface area contributed by atoms with Crippen LogP contribution < -0.4 is 0 Å². The largest absolute Gasteiger partial charge is 0.461 e. The van der Waals surface area contributed by atoms with E-state index in [1.165, 1.54) is 0 Å². The lowest BCUT2D eigenvalue weighted by atomic mass is 9.94. The fourth-order valence-electron chi connectivity index (χ4n) is 1.14. The smallest absolute Gasteiger partial charge is 0.172 e. The first kappa shape index (κ1) is 7.47. The molecule has 2 nitrogen and oxygen atoms in total. The van der Waals surface area contributed by atoms with Gasteiger partial charge in [0.1, 0.15) is 5.76 Å². The molecule has 2 rings (SSSR count). The second-order valence-electron chi connectivity index (χ2n) is 4.01. The first-order valence-electron chi connectivity index (χ1n) is 4.05. The topological polar surface area (TPSA) is 26.3 Å². The molecule has 0 unspecified atom stereocenters. The molecule has 0 aliphatic carbocycles. The number of hydrogen-bond acceptors (Lipinski definition) is 2. The van der Waals surface area contributed by atoms with Crippen LogP contribution in [0.3, 0.4) is 0 Å². The van der Waals surface area contributed by atoms with Gasteiger partial charge in [0.05, 0.1) is 6.26 Å². The molecule has 0 bridgehead atoms. The van der Waals surface area contributed by atoms with Crippen molar-refractivity contribution in [1.82, 2.24) is 0 Å². The third-order valence-electron chi connectivity index (χ3n) is 1.88. The first-order chi connectivity index (χ1) is 5.57. The summed E-state index contributed by atoms with van der Waals surface area (Å²) in [6, 6.07) is 3.79. The van der Waals surface area contributed by atoms with Gasteiger partial charge in [0.15, 0.2) is 11.2 Å². The molecule has 64 valence electrons. The lowest BCUT2D eigenvalue weighted by Gasteiger charge is -2.13. The lowest BCUT2D eigenvalue weighted by Crippen LogP contribution is -2.08. The minimum Gasteiger partial charge on any atom is -0.461 e. The van der Waals surface area contributed by atoms with Crippen LogP contribution in [0.15, 0.2) is 27.2 Å². The van der Waals surface area contributed by atoms with Crippen molar-refractivity contribution in [2.45, 2.75) is 26.2 Å². The Balaban J connectivity index is 2.59. The van der Waals surface area contributed by atoms with Crippen molar-refractivity contribution < 1.29 is 8.83 Å². The van der Waals surface area contributed by atoms with Gasteiger partial charge in [0.2, 0.25) is 0 Å². The van der Waals surface area contributed by atoms with Gasteiger partial charge in [-0.3, -0.25) is 0 Å². The molecule has 0 aromatic carbocycles. The van der Waals surface area contributed by atoms with Gasteiger partial charge in [-0.2, -0.15) is 0 Å². The molecule has 12 heavy (non-hydrogen) atoms. The molecular weight excluding hydrogens is 152 g/mol. The van der Waals surface area contributed by atoms with Gasteiger partial charge in [-0.25, -0.2) is 0 Å². The number of fused-ring (bicyclic) bond motifs is 1. The van der Waals surface area contributed by atoms with E-state index in [-0.39, 0.29) is 5.41 Å². The second-order valence-corrected chi connectivity index (χ2v) is 4.01. The van der Waals surface area contributed by atoms with Crippen molar-refractivity contribution in [1.29, 1.82) is 0 Å². The molecule has 2 aromatic rings. The van der Waals surface area contributed by atoms with Crippen LogP contribution >= 0.6 is 0 Å². The molecule has 0 spiro atoms. The van der Waals surface area contributed by atoms with E-state index in [0.29, 0.717) is 0 Å². The Bertz CT molecular complexity index is 359. The van der Waals surface area contributed by atoms with Gasteiger partial charge >= 0.3 is 0 Å². The highest BCUT2D eigenvalue weighted by atomic mass is 16.4. The molecule has 2 heteroatoms. The molecule has 0 atom stereocenters. The summed E-state index contributed by atoms with van der Waals surface area (Å²) in [5, 5.41) is 0. The lowest BCUT2D eigenvalue weighted by molar-refractivity contribution is 0.430. The molecule has 0 saturated carbocycles. The van der Waals surface area contributed by atoms with E-state index in [0.717, 1.165) is 16.9 Å². The summed E-state index contributed by atoms with van der Waals surface area (Å²) in [7, 11) is 0. The Labute approximate surface area is 71.2 Å². The van der Waals surface area contributed by atoms with Crippen molar-refractivity contribution >= 4 is 11.2 Å². The van der Waals surface area contributed by atoms with Crippen LogP contribution in [0.4, 0.5) is 0 Å². The van der Waals surface area contributed by atoms with Crippen molar-refractivity contribution in [3.05, 3.63) is 24.2 Å². The molecule has 2 aromatic heterocycles. The summed E-state index contributed by atoms with van der Waals surface area (Å²) in [4.78, 5) is 0. The molecule has 0 N–H and O–H groups in total. The minimum atomic E-state index is 0.0571. The molecular formula is C10H12O2. The predicted octanol–water partition coefficient (Wildman–Crippen LogP) is 3.32. The van der Waals surface area contributed by atoms with Crippen LogP contribution in [0.1, 0.15) is 26.5 Å². The summed E-state index contributed by atoms with van der Waals surface area (Å²) >= 11 is 0. The molecule has 0 radical (unpaired) electrons. The molecule has 0 aliphatic rings. The fraction of sp³-hybridized carbons (Fsp3) is 0.400. The Hall–Kier alpha value is -1.18. The van der Waals surface area contributed by atoms with Gasteiger partial charge in [-0.05, 0) is 0 Å². The SMILES string of the molecule is CC(C)(C)c1cc2occc2o1. The van der Waals surface area contributed by atoms with Crippen LogP contribution in [0.25, 0.3) is 11.2 Å². The minimum absolute atomic E-state index is 0.0571. The Morgan fingerprint density at radius 3 is 2.50 bits per heavy atom. The molecule has 0 aliphatic heterocycles. The molecule has 0 fully saturated rings. The van der Waals surface area contributed by atoms with E-state index in [1.54, 1.807) is 6.26 Å². The number of rotatable bonds is 0. The molecule has 0 saturated heterocycles. The van der Waals surface area contributed by atoms with Crippen LogP contribution in [-0.2, 0) is 5.41 Å². The fourth-order valence-corrected chi connectivity index (χ4v) is 1.14. The Morgan fingerprint density at radius 1 is 1.17 bits per heavy atom. The Morgan fingerprint density at radius 2 is 1.92 bits per heavy atom. The van der Waals surface area contributed by atoms with Crippen molar-refractivity contribution in [3.8, 4) is 0 Å². The summed E-state index contributed by atoms with van der Waals surface area (Å²) in [6.45, 7) is 6.35. The van der Waals surface area contributed by atoms with Crippen LogP contribution in [0, 0.1) is 0 Å². The zero-order chi connectivity index (χ0) is 8.77. The summed E-state index contributed by atoms with van der Waals surface area (Å²) in [5.41, 5.74) is 1.72. The summed E-state index contributed by atoms with van der Waals surface area (Å²) in [5.74, 6) is 0.969. The normalized spacial score (nSPS) is 12.6. The monoisotopic (exact) mass is 164 g/mol. The van der Waals surface area contributed by atoms with Gasteiger partial charge < -0.3 is 8.83 Å². The Kier molecular flexibility index (Phi) is 1.34. The summed E-state index contributed by atoms with van der Waals surface area (Å²) < 4.78 is 10.8. The highest BCUT2D eigenvalue weighted by molar-refractivity contribution is 5.71. The van der Waals surface area contributed by atoms with E-state index >= 15 is 0 Å². The maximum atomic E-state index is 5.58. The second kappa shape index (κ2) is 2.16. The van der Waals surface area contributed by atoms with Crippen LogP contribution in [-0.4, -0.2) is 0 Å². The van der Waals surface area contributed by atoms with E-state index in [1.807, 2.05) is 12.1 Å². The quantitative estimate of drug-likeness (QED) is 0.597. The van der Waals surface area contributed by atoms with E-state index in [2.05, 4.69) is 20.8 Å².